The van der Waals surface area contributed by atoms with Crippen LogP contribution in [0.4, 0.5) is 0 Å². The van der Waals surface area contributed by atoms with Crippen LogP contribution in [0.15, 0.2) is 133 Å². The first-order valence-corrected chi connectivity index (χ1v) is 14.9. The monoisotopic (exact) mass is 535 g/mol. The minimum Gasteiger partial charge on any atom is -0.308 e. The summed E-state index contributed by atoms with van der Waals surface area (Å²) < 4.78 is 2.53. The molecule has 1 heteroatoms. The van der Waals surface area contributed by atoms with Gasteiger partial charge in [0.2, 0.25) is 0 Å². The third kappa shape index (κ3) is 3.37. The third-order valence-electron chi connectivity index (χ3n) is 9.21. The van der Waals surface area contributed by atoms with Gasteiger partial charge in [-0.2, -0.15) is 0 Å². The number of rotatable bonds is 3. The molecule has 42 heavy (non-hydrogen) atoms. The molecule has 0 amide bonds. The number of hydrogen-bond acceptors (Lipinski definition) is 0. The molecule has 0 atom stereocenters. The summed E-state index contributed by atoms with van der Waals surface area (Å²) in [5, 5.41) is 10.5. The zero-order chi connectivity index (χ0) is 27.9. The molecule has 0 aliphatic heterocycles. The summed E-state index contributed by atoms with van der Waals surface area (Å²) >= 11 is 0. The van der Waals surface area contributed by atoms with Crippen LogP contribution in [0.1, 0.15) is 25.3 Å². The van der Waals surface area contributed by atoms with Gasteiger partial charge in [-0.1, -0.05) is 98.8 Å². The lowest BCUT2D eigenvalue weighted by atomic mass is 9.95. The van der Waals surface area contributed by atoms with Crippen molar-refractivity contribution < 1.29 is 0 Å². The Morgan fingerprint density at radius 2 is 0.881 bits per heavy atom. The van der Waals surface area contributed by atoms with E-state index in [4.69, 9.17) is 0 Å². The first-order valence-electron chi connectivity index (χ1n) is 14.9. The average Bonchev–Trinajstić information content (AvgIpc) is 3.53. The van der Waals surface area contributed by atoms with Crippen LogP contribution < -0.4 is 0 Å². The van der Waals surface area contributed by atoms with Crippen LogP contribution in [0.3, 0.4) is 0 Å². The molecule has 0 aliphatic rings. The van der Waals surface area contributed by atoms with Crippen molar-refractivity contribution in [3.8, 4) is 22.3 Å². The second kappa shape index (κ2) is 8.68. The first-order chi connectivity index (χ1) is 20.6. The smallest absolute Gasteiger partial charge is 0.0620 e. The molecule has 2 aromatic heterocycles. The van der Waals surface area contributed by atoms with Crippen molar-refractivity contribution in [2.24, 2.45) is 0 Å². The summed E-state index contributed by atoms with van der Waals surface area (Å²) in [6.07, 6.45) is 0. The fourth-order valence-electron chi connectivity index (χ4n) is 7.01. The molecule has 0 radical (unpaired) electrons. The molecule has 0 aliphatic carbocycles. The van der Waals surface area contributed by atoms with Gasteiger partial charge in [0.05, 0.1) is 16.6 Å². The predicted octanol–water partition coefficient (Wildman–Crippen LogP) is 11.6. The quantitative estimate of drug-likeness (QED) is 0.212. The fourth-order valence-corrected chi connectivity index (χ4v) is 7.01. The van der Waals surface area contributed by atoms with E-state index in [-0.39, 0.29) is 0 Å². The van der Waals surface area contributed by atoms with Crippen molar-refractivity contribution in [1.29, 1.82) is 0 Å². The predicted molar refractivity (Wildman–Crippen MR) is 181 cm³/mol. The molecule has 0 saturated carbocycles. The van der Waals surface area contributed by atoms with Gasteiger partial charge in [-0.25, -0.2) is 0 Å². The maximum atomic E-state index is 2.53. The van der Waals surface area contributed by atoms with E-state index in [0.29, 0.717) is 5.92 Å². The van der Waals surface area contributed by atoms with Gasteiger partial charge in [-0.3, -0.25) is 0 Å². The highest BCUT2D eigenvalue weighted by Crippen LogP contribution is 2.43. The molecule has 0 bridgehead atoms. The topological polar surface area (TPSA) is 4.41 Å². The molecule has 9 rings (SSSR count). The Morgan fingerprint density at radius 3 is 1.33 bits per heavy atom. The Kier molecular flexibility index (Phi) is 4.87. The van der Waals surface area contributed by atoms with E-state index in [0.717, 1.165) is 0 Å². The second-order valence-electron chi connectivity index (χ2n) is 12.0. The molecule has 0 fully saturated rings. The SMILES string of the molecule is CC(C)c1cc2c3cc4ccc(-c5ccccc5)cc4cc3n3c4cc5cc(-c6ccccc6)ccc5cc4c(c1)c23. The van der Waals surface area contributed by atoms with Gasteiger partial charge < -0.3 is 4.40 Å². The molecule has 9 aromatic rings. The summed E-state index contributed by atoms with van der Waals surface area (Å²) in [7, 11) is 0. The molecule has 0 unspecified atom stereocenters. The summed E-state index contributed by atoms with van der Waals surface area (Å²) in [5.41, 5.74) is 10.3. The molecule has 198 valence electrons. The third-order valence-corrected chi connectivity index (χ3v) is 9.21. The number of nitrogens with zero attached hydrogens (tertiary/aromatic N) is 1. The van der Waals surface area contributed by atoms with Crippen LogP contribution in [0, 0.1) is 0 Å². The molecule has 1 nitrogen and oxygen atoms in total. The highest BCUT2D eigenvalue weighted by Gasteiger charge is 2.20. The van der Waals surface area contributed by atoms with Crippen LogP contribution in [0.2, 0.25) is 0 Å². The standard InChI is InChI=1S/C41H29N/c1-25(2)32-21-37-35-19-30-15-13-28(26-9-5-3-6-10-26)17-33(30)23-39(35)42-40-24-34-18-29(27-11-7-4-8-12-27)14-16-31(34)20-36(40)38(22-32)41(37)42/h3-25H,1-2H3. The lowest BCUT2D eigenvalue weighted by Crippen LogP contribution is -1.86. The Labute approximate surface area is 244 Å². The van der Waals surface area contributed by atoms with Crippen molar-refractivity contribution >= 4 is 59.6 Å². The second-order valence-corrected chi connectivity index (χ2v) is 12.0. The van der Waals surface area contributed by atoms with Crippen LogP contribution in [0.25, 0.3) is 81.9 Å². The van der Waals surface area contributed by atoms with Crippen LogP contribution in [0.5, 0.6) is 0 Å². The number of hydrogen-bond donors (Lipinski definition) is 0. The molecular formula is C41H29N. The highest BCUT2D eigenvalue weighted by molar-refractivity contribution is 6.26. The van der Waals surface area contributed by atoms with Crippen LogP contribution in [-0.4, -0.2) is 4.40 Å². The van der Waals surface area contributed by atoms with E-state index in [1.165, 1.54) is 87.5 Å². The van der Waals surface area contributed by atoms with Gasteiger partial charge >= 0.3 is 0 Å². The number of aromatic nitrogens is 1. The Morgan fingerprint density at radius 1 is 0.405 bits per heavy atom. The van der Waals surface area contributed by atoms with Gasteiger partial charge in [-0.05, 0) is 104 Å². The Hall–Kier alpha value is -5.14. The number of benzene rings is 7. The molecular weight excluding hydrogens is 506 g/mol. The Balaban J connectivity index is 1.39. The summed E-state index contributed by atoms with van der Waals surface area (Å²) in [4.78, 5) is 0. The van der Waals surface area contributed by atoms with E-state index in [1.54, 1.807) is 0 Å². The zero-order valence-electron chi connectivity index (χ0n) is 23.7. The van der Waals surface area contributed by atoms with E-state index >= 15 is 0 Å². The maximum absolute atomic E-state index is 2.53. The van der Waals surface area contributed by atoms with Gasteiger partial charge in [0.25, 0.3) is 0 Å². The van der Waals surface area contributed by atoms with Crippen molar-refractivity contribution in [2.75, 3.05) is 0 Å². The summed E-state index contributed by atoms with van der Waals surface area (Å²) in [5.74, 6) is 0.455. The molecule has 0 spiro atoms. The van der Waals surface area contributed by atoms with Crippen molar-refractivity contribution in [1.82, 2.24) is 4.40 Å². The largest absolute Gasteiger partial charge is 0.308 e. The minimum absolute atomic E-state index is 0.455. The van der Waals surface area contributed by atoms with E-state index in [9.17, 15) is 0 Å². The van der Waals surface area contributed by atoms with E-state index in [1.807, 2.05) is 0 Å². The van der Waals surface area contributed by atoms with Crippen LogP contribution in [-0.2, 0) is 0 Å². The molecule has 2 heterocycles. The van der Waals surface area contributed by atoms with E-state index < -0.39 is 0 Å². The molecule has 0 saturated heterocycles. The van der Waals surface area contributed by atoms with Crippen molar-refractivity contribution in [2.45, 2.75) is 19.8 Å². The van der Waals surface area contributed by atoms with Gasteiger partial charge in [0.15, 0.2) is 0 Å². The lowest BCUT2D eigenvalue weighted by Gasteiger charge is -2.08. The van der Waals surface area contributed by atoms with E-state index in [2.05, 4.69) is 152 Å². The number of fused-ring (bicyclic) bond motifs is 8. The van der Waals surface area contributed by atoms with Gasteiger partial charge in [-0.15, -0.1) is 0 Å². The highest BCUT2D eigenvalue weighted by atomic mass is 14.9. The fraction of sp³-hybridized carbons (Fsp3) is 0.0732. The first kappa shape index (κ1) is 23.6. The summed E-state index contributed by atoms with van der Waals surface area (Å²) in [6, 6.07) is 49.6. The Bertz CT molecular complexity index is 2300. The van der Waals surface area contributed by atoms with Gasteiger partial charge in [0.1, 0.15) is 0 Å². The average molecular weight is 536 g/mol. The molecule has 7 aromatic carbocycles. The summed E-state index contributed by atoms with van der Waals surface area (Å²) in [6.45, 7) is 4.60. The van der Waals surface area contributed by atoms with Crippen LogP contribution >= 0.6 is 0 Å². The zero-order valence-corrected chi connectivity index (χ0v) is 23.7. The minimum atomic E-state index is 0.455. The van der Waals surface area contributed by atoms with Gasteiger partial charge in [0, 0.05) is 21.5 Å². The van der Waals surface area contributed by atoms with Crippen molar-refractivity contribution in [3.63, 3.8) is 0 Å². The normalized spacial score (nSPS) is 12.3. The lowest BCUT2D eigenvalue weighted by molar-refractivity contribution is 0.870. The molecule has 0 N–H and O–H groups in total. The van der Waals surface area contributed by atoms with Crippen molar-refractivity contribution in [3.05, 3.63) is 139 Å². The maximum Gasteiger partial charge on any atom is 0.0620 e.